The molecule has 0 saturated carbocycles. The Bertz CT molecular complexity index is 299. The van der Waals surface area contributed by atoms with Crippen LogP contribution in [0.3, 0.4) is 0 Å². The van der Waals surface area contributed by atoms with E-state index in [4.69, 9.17) is 0 Å². The monoisotopic (exact) mass is 242 g/mol. The molecule has 92 valence electrons. The van der Waals surface area contributed by atoms with E-state index in [9.17, 15) is 5.11 Å². The second kappa shape index (κ2) is 6.99. The van der Waals surface area contributed by atoms with Crippen LogP contribution in [0.25, 0.3) is 0 Å². The molecule has 2 N–H and O–H groups in total. The van der Waals surface area contributed by atoms with Gasteiger partial charge in [-0.05, 0) is 25.3 Å². The molecule has 16 heavy (non-hydrogen) atoms. The normalized spacial score (nSPS) is 13.3. The number of aromatic nitrogens is 1. The quantitative estimate of drug-likeness (QED) is 0.721. The van der Waals surface area contributed by atoms with Gasteiger partial charge in [-0.1, -0.05) is 20.8 Å². The van der Waals surface area contributed by atoms with E-state index in [1.807, 2.05) is 13.8 Å². The van der Waals surface area contributed by atoms with Gasteiger partial charge in [-0.25, -0.2) is 4.98 Å². The van der Waals surface area contributed by atoms with E-state index in [2.05, 4.69) is 22.6 Å². The Hall–Kier alpha value is -0.450. The second-order valence-electron chi connectivity index (χ2n) is 4.36. The van der Waals surface area contributed by atoms with Crippen LogP contribution < -0.4 is 5.32 Å². The van der Waals surface area contributed by atoms with Crippen molar-refractivity contribution in [3.8, 4) is 0 Å². The summed E-state index contributed by atoms with van der Waals surface area (Å²) in [6.07, 6.45) is 1.62. The molecule has 0 aliphatic carbocycles. The average Bonchev–Trinajstić information content (AvgIpc) is 2.71. The molecule has 1 aromatic rings. The van der Waals surface area contributed by atoms with Crippen LogP contribution in [0.4, 0.5) is 0 Å². The van der Waals surface area contributed by atoms with E-state index < -0.39 is 0 Å². The predicted octanol–water partition coefficient (Wildman–Crippen LogP) is 2.20. The molecule has 0 amide bonds. The van der Waals surface area contributed by atoms with E-state index in [1.165, 1.54) is 5.01 Å². The van der Waals surface area contributed by atoms with Crippen LogP contribution in [0, 0.1) is 5.92 Å². The molecule has 1 unspecified atom stereocenters. The fraction of sp³-hybridized carbons (Fsp3) is 0.750. The number of nitrogens with one attached hydrogen (secondary N) is 1. The number of hydrogen-bond acceptors (Lipinski definition) is 4. The molecule has 0 fully saturated rings. The molecule has 1 rings (SSSR count). The lowest BCUT2D eigenvalue weighted by Gasteiger charge is -2.13. The molecule has 0 bridgehead atoms. The van der Waals surface area contributed by atoms with Gasteiger partial charge in [-0.3, -0.25) is 0 Å². The summed E-state index contributed by atoms with van der Waals surface area (Å²) < 4.78 is 0. The highest BCUT2D eigenvalue weighted by Gasteiger charge is 2.08. The van der Waals surface area contributed by atoms with Crippen molar-refractivity contribution in [1.29, 1.82) is 0 Å². The standard InChI is InChI=1S/C12H22N2OS/c1-4-12-14-10(8-16-12)7-13-6-5-11(15)9(2)3/h8-9,11,13,15H,4-7H2,1-3H3. The van der Waals surface area contributed by atoms with Crippen LogP contribution in [0.1, 0.15) is 37.9 Å². The van der Waals surface area contributed by atoms with Crippen LogP contribution in [0.5, 0.6) is 0 Å². The zero-order valence-electron chi connectivity index (χ0n) is 10.4. The van der Waals surface area contributed by atoms with Crippen LogP contribution in [0.15, 0.2) is 5.38 Å². The van der Waals surface area contributed by atoms with Gasteiger partial charge in [0.15, 0.2) is 0 Å². The fourth-order valence-electron chi connectivity index (χ4n) is 1.39. The summed E-state index contributed by atoms with van der Waals surface area (Å²) in [7, 11) is 0. The maximum absolute atomic E-state index is 9.61. The minimum absolute atomic E-state index is 0.200. The molecule has 0 radical (unpaired) electrons. The summed E-state index contributed by atoms with van der Waals surface area (Å²) in [5, 5.41) is 16.2. The lowest BCUT2D eigenvalue weighted by Crippen LogP contribution is -2.23. The first-order chi connectivity index (χ1) is 7.63. The Morgan fingerprint density at radius 3 is 2.81 bits per heavy atom. The lowest BCUT2D eigenvalue weighted by atomic mass is 10.0. The number of thiazole rings is 1. The molecule has 3 nitrogen and oxygen atoms in total. The van der Waals surface area contributed by atoms with Crippen LogP contribution >= 0.6 is 11.3 Å². The lowest BCUT2D eigenvalue weighted by molar-refractivity contribution is 0.116. The van der Waals surface area contributed by atoms with Crippen molar-refractivity contribution in [2.24, 2.45) is 5.92 Å². The highest BCUT2D eigenvalue weighted by Crippen LogP contribution is 2.10. The topological polar surface area (TPSA) is 45.2 Å². The fourth-order valence-corrected chi connectivity index (χ4v) is 2.14. The van der Waals surface area contributed by atoms with Gasteiger partial charge in [0.25, 0.3) is 0 Å². The highest BCUT2D eigenvalue weighted by molar-refractivity contribution is 7.09. The summed E-state index contributed by atoms with van der Waals surface area (Å²) in [5.74, 6) is 0.341. The number of nitrogens with zero attached hydrogens (tertiary/aromatic N) is 1. The maximum atomic E-state index is 9.61. The molecule has 4 heteroatoms. The number of aryl methyl sites for hydroxylation is 1. The van der Waals surface area contributed by atoms with Crippen molar-refractivity contribution in [3.05, 3.63) is 16.1 Å². The minimum Gasteiger partial charge on any atom is -0.393 e. The van der Waals surface area contributed by atoms with Crippen molar-refractivity contribution in [1.82, 2.24) is 10.3 Å². The zero-order chi connectivity index (χ0) is 12.0. The van der Waals surface area contributed by atoms with E-state index in [0.29, 0.717) is 5.92 Å². The molecule has 0 aliphatic rings. The number of aliphatic hydroxyl groups excluding tert-OH is 1. The Balaban J connectivity index is 2.16. The molecular weight excluding hydrogens is 220 g/mol. The zero-order valence-corrected chi connectivity index (χ0v) is 11.2. The Morgan fingerprint density at radius 2 is 2.25 bits per heavy atom. The predicted molar refractivity (Wildman–Crippen MR) is 68.7 cm³/mol. The average molecular weight is 242 g/mol. The molecule has 1 aromatic heterocycles. The molecule has 0 saturated heterocycles. The van der Waals surface area contributed by atoms with Gasteiger partial charge in [-0.2, -0.15) is 0 Å². The third kappa shape index (κ3) is 4.60. The van der Waals surface area contributed by atoms with Gasteiger partial charge < -0.3 is 10.4 Å². The Kier molecular flexibility index (Phi) is 5.95. The summed E-state index contributed by atoms with van der Waals surface area (Å²) in [6.45, 7) is 7.85. The third-order valence-corrected chi connectivity index (χ3v) is 3.64. The third-order valence-electron chi connectivity index (χ3n) is 2.59. The maximum Gasteiger partial charge on any atom is 0.0926 e. The first-order valence-electron chi connectivity index (χ1n) is 5.95. The molecular formula is C12H22N2OS. The van der Waals surface area contributed by atoms with Gasteiger partial charge in [0, 0.05) is 11.9 Å². The molecule has 1 atom stereocenters. The van der Waals surface area contributed by atoms with Crippen LogP contribution in [0.2, 0.25) is 0 Å². The number of rotatable bonds is 7. The van der Waals surface area contributed by atoms with Crippen molar-refractivity contribution in [3.63, 3.8) is 0 Å². The van der Waals surface area contributed by atoms with Crippen molar-refractivity contribution in [2.75, 3.05) is 6.54 Å². The minimum atomic E-state index is -0.200. The molecule has 1 heterocycles. The van der Waals surface area contributed by atoms with E-state index >= 15 is 0 Å². The van der Waals surface area contributed by atoms with Crippen molar-refractivity contribution < 1.29 is 5.11 Å². The van der Waals surface area contributed by atoms with Gasteiger partial charge in [-0.15, -0.1) is 11.3 Å². The van der Waals surface area contributed by atoms with Gasteiger partial charge in [0.2, 0.25) is 0 Å². The SMILES string of the molecule is CCc1nc(CNCCC(O)C(C)C)cs1. The number of aliphatic hydroxyl groups is 1. The second-order valence-corrected chi connectivity index (χ2v) is 5.31. The van der Waals surface area contributed by atoms with Crippen molar-refractivity contribution in [2.45, 2.75) is 46.3 Å². The van der Waals surface area contributed by atoms with Crippen molar-refractivity contribution >= 4 is 11.3 Å². The summed E-state index contributed by atoms with van der Waals surface area (Å²) in [6, 6.07) is 0. The van der Waals surface area contributed by atoms with Crippen LogP contribution in [-0.2, 0) is 13.0 Å². The van der Waals surface area contributed by atoms with Gasteiger partial charge in [0.1, 0.15) is 0 Å². The largest absolute Gasteiger partial charge is 0.393 e. The molecule has 0 aliphatic heterocycles. The highest BCUT2D eigenvalue weighted by atomic mass is 32.1. The summed E-state index contributed by atoms with van der Waals surface area (Å²) in [4.78, 5) is 4.47. The number of hydrogen-bond donors (Lipinski definition) is 2. The summed E-state index contributed by atoms with van der Waals surface area (Å²) in [5.41, 5.74) is 1.11. The molecule has 0 spiro atoms. The van der Waals surface area contributed by atoms with Gasteiger partial charge in [0.05, 0.1) is 16.8 Å². The smallest absolute Gasteiger partial charge is 0.0926 e. The van der Waals surface area contributed by atoms with E-state index in [0.717, 1.165) is 31.6 Å². The Labute approximate surface area is 102 Å². The Morgan fingerprint density at radius 1 is 1.50 bits per heavy atom. The first-order valence-corrected chi connectivity index (χ1v) is 6.83. The van der Waals surface area contributed by atoms with Gasteiger partial charge >= 0.3 is 0 Å². The van der Waals surface area contributed by atoms with E-state index in [1.54, 1.807) is 11.3 Å². The molecule has 0 aromatic carbocycles. The van der Waals surface area contributed by atoms with Crippen LogP contribution in [-0.4, -0.2) is 22.7 Å². The van der Waals surface area contributed by atoms with E-state index in [-0.39, 0.29) is 6.10 Å². The first kappa shape index (κ1) is 13.6. The summed E-state index contributed by atoms with van der Waals surface area (Å²) >= 11 is 1.72.